The highest BCUT2D eigenvalue weighted by atomic mass is 32.1. The van der Waals surface area contributed by atoms with Gasteiger partial charge in [0.2, 0.25) is 0 Å². The Kier molecular flexibility index (Phi) is 5.68. The molecular formula is C22H19N3O5S. The van der Waals surface area contributed by atoms with Crippen molar-refractivity contribution in [2.24, 2.45) is 0 Å². The molecule has 31 heavy (non-hydrogen) atoms. The molecule has 2 aromatic carbocycles. The number of ether oxygens (including phenoxy) is 2. The second-order valence-corrected chi connectivity index (χ2v) is 7.46. The van der Waals surface area contributed by atoms with E-state index in [0.29, 0.717) is 34.6 Å². The third-order valence-corrected chi connectivity index (χ3v) is 5.58. The molecule has 0 saturated heterocycles. The van der Waals surface area contributed by atoms with Crippen LogP contribution in [0.2, 0.25) is 0 Å². The van der Waals surface area contributed by atoms with E-state index in [1.54, 1.807) is 31.4 Å². The van der Waals surface area contributed by atoms with Gasteiger partial charge in [0.15, 0.2) is 17.2 Å². The van der Waals surface area contributed by atoms with Crippen LogP contribution in [0, 0.1) is 0 Å². The van der Waals surface area contributed by atoms with Crippen LogP contribution in [0.25, 0.3) is 21.3 Å². The van der Waals surface area contributed by atoms with Gasteiger partial charge in [0, 0.05) is 16.3 Å². The molecule has 158 valence electrons. The number of aromatic nitrogens is 3. The van der Waals surface area contributed by atoms with E-state index in [2.05, 4.69) is 10.1 Å². The lowest BCUT2D eigenvalue weighted by molar-refractivity contribution is 0.0690. The van der Waals surface area contributed by atoms with Gasteiger partial charge >= 0.3 is 5.97 Å². The smallest absolute Gasteiger partial charge is 0.357 e. The van der Waals surface area contributed by atoms with Gasteiger partial charge in [0.1, 0.15) is 5.01 Å². The van der Waals surface area contributed by atoms with E-state index in [4.69, 9.17) is 9.47 Å². The fourth-order valence-electron chi connectivity index (χ4n) is 3.24. The van der Waals surface area contributed by atoms with Gasteiger partial charge < -0.3 is 14.6 Å². The number of carbonyl (C=O) groups is 1. The molecule has 4 rings (SSSR count). The van der Waals surface area contributed by atoms with Crippen molar-refractivity contribution in [2.75, 3.05) is 13.7 Å². The van der Waals surface area contributed by atoms with Crippen molar-refractivity contribution < 1.29 is 19.4 Å². The number of aromatic carboxylic acids is 1. The molecule has 0 aliphatic carbocycles. The molecular weight excluding hydrogens is 418 g/mol. The zero-order valence-corrected chi connectivity index (χ0v) is 17.7. The second kappa shape index (κ2) is 8.57. The van der Waals surface area contributed by atoms with E-state index in [0.717, 1.165) is 15.3 Å². The van der Waals surface area contributed by atoms with E-state index in [9.17, 15) is 14.7 Å². The topological polar surface area (TPSA) is 104 Å². The number of rotatable bonds is 7. The van der Waals surface area contributed by atoms with E-state index in [1.807, 2.05) is 30.5 Å². The van der Waals surface area contributed by atoms with Gasteiger partial charge in [-0.1, -0.05) is 18.2 Å². The third-order valence-electron chi connectivity index (χ3n) is 4.64. The molecule has 0 aliphatic heterocycles. The van der Waals surface area contributed by atoms with Crippen LogP contribution in [-0.2, 0) is 6.54 Å². The number of hydrogen-bond donors (Lipinski definition) is 1. The van der Waals surface area contributed by atoms with Crippen molar-refractivity contribution in [3.05, 3.63) is 69.6 Å². The average molecular weight is 437 g/mol. The maximum Gasteiger partial charge on any atom is 0.357 e. The molecule has 0 spiro atoms. The zero-order valence-electron chi connectivity index (χ0n) is 16.9. The summed E-state index contributed by atoms with van der Waals surface area (Å²) in [5, 5.41) is 16.8. The molecule has 2 aromatic heterocycles. The predicted molar refractivity (Wildman–Crippen MR) is 117 cm³/mol. The van der Waals surface area contributed by atoms with Crippen LogP contribution >= 0.6 is 11.3 Å². The number of fused-ring (bicyclic) bond motifs is 1. The van der Waals surface area contributed by atoms with Gasteiger partial charge in [-0.25, -0.2) is 14.5 Å². The number of carboxylic acid groups (broad SMARTS) is 1. The van der Waals surface area contributed by atoms with E-state index >= 15 is 0 Å². The Hall–Kier alpha value is -3.72. The van der Waals surface area contributed by atoms with Crippen molar-refractivity contribution in [3.8, 4) is 22.1 Å². The Morgan fingerprint density at radius 3 is 2.65 bits per heavy atom. The number of methoxy groups -OCH3 is 1. The summed E-state index contributed by atoms with van der Waals surface area (Å²) in [6, 6.07) is 12.1. The first-order valence-electron chi connectivity index (χ1n) is 9.50. The SMILES string of the molecule is CCOc1ccc(-c2nc(Cn3nc(C(=O)O)c4ccccc4c3=O)cs2)cc1OC. The van der Waals surface area contributed by atoms with Crippen LogP contribution in [0.4, 0.5) is 0 Å². The Bertz CT molecular complexity index is 1330. The van der Waals surface area contributed by atoms with Crippen molar-refractivity contribution in [3.63, 3.8) is 0 Å². The summed E-state index contributed by atoms with van der Waals surface area (Å²) in [6.07, 6.45) is 0. The van der Waals surface area contributed by atoms with Crippen molar-refractivity contribution in [1.82, 2.24) is 14.8 Å². The third kappa shape index (κ3) is 3.99. The molecule has 0 atom stereocenters. The summed E-state index contributed by atoms with van der Waals surface area (Å²) in [7, 11) is 1.58. The molecule has 0 amide bonds. The van der Waals surface area contributed by atoms with Crippen LogP contribution in [0.3, 0.4) is 0 Å². The average Bonchev–Trinajstić information content (AvgIpc) is 3.24. The molecule has 8 nitrogen and oxygen atoms in total. The Morgan fingerprint density at radius 2 is 1.94 bits per heavy atom. The lowest BCUT2D eigenvalue weighted by atomic mass is 10.1. The highest BCUT2D eigenvalue weighted by Crippen LogP contribution is 2.33. The number of benzene rings is 2. The molecule has 0 radical (unpaired) electrons. The molecule has 1 N–H and O–H groups in total. The maximum absolute atomic E-state index is 12.8. The summed E-state index contributed by atoms with van der Waals surface area (Å²) in [6.45, 7) is 2.50. The lowest BCUT2D eigenvalue weighted by Gasteiger charge is -2.10. The van der Waals surface area contributed by atoms with Gasteiger partial charge in [-0.2, -0.15) is 5.10 Å². The fourth-order valence-corrected chi connectivity index (χ4v) is 4.05. The van der Waals surface area contributed by atoms with Crippen molar-refractivity contribution in [2.45, 2.75) is 13.5 Å². The predicted octanol–water partition coefficient (Wildman–Crippen LogP) is 3.67. The molecule has 0 bridgehead atoms. The number of nitrogens with zero attached hydrogens (tertiary/aromatic N) is 3. The monoisotopic (exact) mass is 437 g/mol. The van der Waals surface area contributed by atoms with E-state index in [-0.39, 0.29) is 17.8 Å². The largest absolute Gasteiger partial charge is 0.493 e. The summed E-state index contributed by atoms with van der Waals surface area (Å²) >= 11 is 1.41. The Balaban J connectivity index is 1.69. The van der Waals surface area contributed by atoms with Crippen LogP contribution < -0.4 is 15.0 Å². The lowest BCUT2D eigenvalue weighted by Crippen LogP contribution is -2.26. The number of carboxylic acids is 1. The van der Waals surface area contributed by atoms with Crippen LogP contribution in [0.15, 0.2) is 52.6 Å². The molecule has 9 heteroatoms. The summed E-state index contributed by atoms with van der Waals surface area (Å²) in [5.74, 6) is 0.0682. The fraction of sp³-hybridized carbons (Fsp3) is 0.182. The van der Waals surface area contributed by atoms with Gasteiger partial charge in [-0.05, 0) is 31.2 Å². The standard InChI is InChI=1S/C22H19N3O5S/c1-3-30-17-9-8-13(10-18(17)29-2)20-23-14(12-31-20)11-25-21(26)16-7-5-4-6-15(16)19(24-25)22(27)28/h4-10,12H,3,11H2,1-2H3,(H,27,28). The second-order valence-electron chi connectivity index (χ2n) is 6.60. The van der Waals surface area contributed by atoms with Crippen LogP contribution in [-0.4, -0.2) is 39.6 Å². The molecule has 0 unspecified atom stereocenters. The molecule has 0 fully saturated rings. The van der Waals surface area contributed by atoms with E-state index in [1.165, 1.54) is 11.3 Å². The number of hydrogen-bond acceptors (Lipinski definition) is 7. The normalized spacial score (nSPS) is 10.9. The minimum absolute atomic E-state index is 0.0641. The van der Waals surface area contributed by atoms with E-state index < -0.39 is 5.97 Å². The highest BCUT2D eigenvalue weighted by molar-refractivity contribution is 7.13. The quantitative estimate of drug-likeness (QED) is 0.470. The Morgan fingerprint density at radius 1 is 1.16 bits per heavy atom. The summed E-state index contributed by atoms with van der Waals surface area (Å²) in [5.41, 5.74) is 0.926. The maximum atomic E-state index is 12.8. The zero-order chi connectivity index (χ0) is 22.0. The first-order valence-corrected chi connectivity index (χ1v) is 10.4. The molecule has 2 heterocycles. The van der Waals surface area contributed by atoms with Crippen molar-refractivity contribution >= 4 is 28.1 Å². The first kappa shape index (κ1) is 20.5. The summed E-state index contributed by atoms with van der Waals surface area (Å²) < 4.78 is 12.1. The van der Waals surface area contributed by atoms with Gasteiger partial charge in [-0.15, -0.1) is 11.3 Å². The van der Waals surface area contributed by atoms with Gasteiger partial charge in [0.05, 0.1) is 31.3 Å². The minimum Gasteiger partial charge on any atom is -0.493 e. The van der Waals surface area contributed by atoms with Crippen LogP contribution in [0.5, 0.6) is 11.5 Å². The highest BCUT2D eigenvalue weighted by Gasteiger charge is 2.17. The van der Waals surface area contributed by atoms with Crippen LogP contribution in [0.1, 0.15) is 23.1 Å². The van der Waals surface area contributed by atoms with Crippen molar-refractivity contribution in [1.29, 1.82) is 0 Å². The van der Waals surface area contributed by atoms with Gasteiger partial charge in [0.25, 0.3) is 5.56 Å². The molecule has 0 aliphatic rings. The molecule has 4 aromatic rings. The van der Waals surface area contributed by atoms with Gasteiger partial charge in [-0.3, -0.25) is 4.79 Å². The Labute approximate surface area is 181 Å². The summed E-state index contributed by atoms with van der Waals surface area (Å²) in [4.78, 5) is 29.1. The number of thiazole rings is 1. The minimum atomic E-state index is -1.19. The molecule has 0 saturated carbocycles. The first-order chi connectivity index (χ1) is 15.0.